The van der Waals surface area contributed by atoms with Crippen molar-refractivity contribution >= 4 is 29.9 Å². The molecule has 0 atom stereocenters. The molecule has 3 rings (SSSR count). The van der Waals surface area contributed by atoms with Crippen LogP contribution in [0.4, 0.5) is 13.2 Å². The highest BCUT2D eigenvalue weighted by molar-refractivity contribution is 14.0. The zero-order valence-electron chi connectivity index (χ0n) is 18.0. The number of ether oxygens (including phenoxy) is 1. The van der Waals surface area contributed by atoms with Gasteiger partial charge in [-0.05, 0) is 30.7 Å². The molecule has 0 aliphatic heterocycles. The number of guanidine groups is 1. The highest BCUT2D eigenvalue weighted by Crippen LogP contribution is 2.23. The molecule has 0 aliphatic carbocycles. The van der Waals surface area contributed by atoms with E-state index in [4.69, 9.17) is 9.26 Å². The lowest BCUT2D eigenvalue weighted by Gasteiger charge is -2.16. The van der Waals surface area contributed by atoms with E-state index < -0.39 is 12.8 Å². The average Bonchev–Trinajstić information content (AvgIpc) is 3.24. The highest BCUT2D eigenvalue weighted by Gasteiger charge is 2.28. The summed E-state index contributed by atoms with van der Waals surface area (Å²) in [5, 5.41) is 10.1. The van der Waals surface area contributed by atoms with Gasteiger partial charge in [0.05, 0.1) is 0 Å². The topological polar surface area (TPSA) is 97.5 Å². The molecule has 0 bridgehead atoms. The predicted molar refractivity (Wildman–Crippen MR) is 128 cm³/mol. The van der Waals surface area contributed by atoms with E-state index in [0.717, 1.165) is 5.56 Å². The number of nitrogens with one attached hydrogen (secondary N) is 2. The van der Waals surface area contributed by atoms with Crippen LogP contribution in [0.25, 0.3) is 11.6 Å². The summed E-state index contributed by atoms with van der Waals surface area (Å²) in [5.41, 5.74) is 1.98. The van der Waals surface area contributed by atoms with Crippen LogP contribution in [0.5, 0.6) is 5.75 Å². The van der Waals surface area contributed by atoms with Crippen molar-refractivity contribution in [2.24, 2.45) is 4.99 Å². The maximum atomic E-state index is 12.5. The third-order valence-electron chi connectivity index (χ3n) is 4.28. The fourth-order valence-corrected chi connectivity index (χ4v) is 2.74. The minimum absolute atomic E-state index is 0. The first-order valence-corrected chi connectivity index (χ1v) is 9.81. The smallest absolute Gasteiger partial charge is 0.422 e. The van der Waals surface area contributed by atoms with Gasteiger partial charge >= 0.3 is 6.18 Å². The van der Waals surface area contributed by atoms with Crippen LogP contribution in [0.3, 0.4) is 0 Å². The molecule has 2 heterocycles. The number of pyridine rings is 1. The van der Waals surface area contributed by atoms with Crippen molar-refractivity contribution in [3.05, 3.63) is 59.5 Å². The van der Waals surface area contributed by atoms with Crippen molar-refractivity contribution in [1.82, 2.24) is 25.8 Å². The van der Waals surface area contributed by atoms with E-state index in [1.807, 2.05) is 12.1 Å². The molecule has 0 radical (unpaired) electrons. The number of halogens is 4. The second-order valence-electron chi connectivity index (χ2n) is 6.85. The minimum Gasteiger partial charge on any atom is -0.484 e. The Morgan fingerprint density at radius 2 is 2.00 bits per heavy atom. The van der Waals surface area contributed by atoms with E-state index in [2.05, 4.69) is 30.8 Å². The zero-order chi connectivity index (χ0) is 23.0. The Balaban J connectivity index is 0.00000385. The van der Waals surface area contributed by atoms with Crippen molar-refractivity contribution in [3.8, 4) is 17.3 Å². The summed E-state index contributed by atoms with van der Waals surface area (Å²) in [5.74, 6) is 1.50. The number of benzene rings is 1. The molecule has 0 aliphatic rings. The van der Waals surface area contributed by atoms with Crippen molar-refractivity contribution in [2.45, 2.75) is 26.1 Å². The largest absolute Gasteiger partial charge is 0.484 e. The van der Waals surface area contributed by atoms with Crippen LogP contribution in [-0.2, 0) is 13.0 Å². The Morgan fingerprint density at radius 3 is 2.70 bits per heavy atom. The van der Waals surface area contributed by atoms with Gasteiger partial charge in [-0.25, -0.2) is 0 Å². The van der Waals surface area contributed by atoms with Gasteiger partial charge in [0.1, 0.15) is 11.4 Å². The summed E-state index contributed by atoms with van der Waals surface area (Å²) in [7, 11) is 1.60. The number of aryl methyl sites for hydroxylation is 1. The summed E-state index contributed by atoms with van der Waals surface area (Å²) in [6.07, 6.45) is -2.29. The fraction of sp³-hybridized carbons (Fsp3) is 0.333. The fourth-order valence-electron chi connectivity index (χ4n) is 2.74. The number of hydrogen-bond acceptors (Lipinski definition) is 6. The van der Waals surface area contributed by atoms with Crippen molar-refractivity contribution in [2.75, 3.05) is 20.2 Å². The summed E-state index contributed by atoms with van der Waals surface area (Å²) in [4.78, 5) is 12.6. The molecule has 33 heavy (non-hydrogen) atoms. The summed E-state index contributed by atoms with van der Waals surface area (Å²) in [6, 6.07) is 10.5. The van der Waals surface area contributed by atoms with Gasteiger partial charge in [-0.2, -0.15) is 18.2 Å². The molecule has 0 saturated heterocycles. The quantitative estimate of drug-likeness (QED) is 0.239. The van der Waals surface area contributed by atoms with Crippen LogP contribution < -0.4 is 15.4 Å². The highest BCUT2D eigenvalue weighted by atomic mass is 127. The lowest BCUT2D eigenvalue weighted by atomic mass is 10.1. The number of alkyl halides is 3. The Morgan fingerprint density at radius 1 is 1.18 bits per heavy atom. The molecule has 1 aromatic carbocycles. The summed E-state index contributed by atoms with van der Waals surface area (Å²) < 4.78 is 47.8. The molecule has 2 aromatic heterocycles. The Labute approximate surface area is 206 Å². The predicted octanol–water partition coefficient (Wildman–Crippen LogP) is 3.91. The summed E-state index contributed by atoms with van der Waals surface area (Å²) in [6.45, 7) is 1.14. The molecule has 0 spiro atoms. The van der Waals surface area contributed by atoms with Gasteiger partial charge in [0, 0.05) is 38.3 Å². The molecule has 0 saturated carbocycles. The monoisotopic (exact) mass is 576 g/mol. The lowest BCUT2D eigenvalue weighted by molar-refractivity contribution is -0.153. The zero-order valence-corrected chi connectivity index (χ0v) is 20.3. The summed E-state index contributed by atoms with van der Waals surface area (Å²) >= 11 is 0. The molecule has 12 heteroatoms. The van der Waals surface area contributed by atoms with E-state index in [-0.39, 0.29) is 36.3 Å². The standard InChI is InChI=1S/C21H23F3N6O2.HI/c1-14-6-7-15(17(11-14)31-13-21(22,23)24)12-28-20(25-2)27-10-8-18-29-19(32-30-18)16-5-3-4-9-26-16;/h3-7,9,11H,8,10,12-13H2,1-2H3,(H2,25,27,28);1H. The minimum atomic E-state index is -4.41. The molecule has 3 aromatic rings. The maximum absolute atomic E-state index is 12.5. The number of nitrogens with zero attached hydrogens (tertiary/aromatic N) is 4. The Hall–Kier alpha value is -2.90. The van der Waals surface area contributed by atoms with E-state index in [1.165, 1.54) is 0 Å². The first kappa shape index (κ1) is 26.4. The van der Waals surface area contributed by atoms with Crippen molar-refractivity contribution in [3.63, 3.8) is 0 Å². The van der Waals surface area contributed by atoms with Crippen LogP contribution in [0.15, 0.2) is 52.1 Å². The average molecular weight is 576 g/mol. The van der Waals surface area contributed by atoms with Crippen LogP contribution in [0.1, 0.15) is 17.0 Å². The van der Waals surface area contributed by atoms with Gasteiger partial charge in [-0.1, -0.05) is 23.4 Å². The van der Waals surface area contributed by atoms with Crippen LogP contribution in [-0.4, -0.2) is 47.5 Å². The molecule has 8 nitrogen and oxygen atoms in total. The van der Waals surface area contributed by atoms with Gasteiger partial charge in [-0.15, -0.1) is 24.0 Å². The molecule has 0 fully saturated rings. The van der Waals surface area contributed by atoms with Crippen molar-refractivity contribution < 1.29 is 22.4 Å². The number of aliphatic imine (C=N–C) groups is 1. The molecule has 2 N–H and O–H groups in total. The van der Waals surface area contributed by atoms with E-state index in [1.54, 1.807) is 44.4 Å². The van der Waals surface area contributed by atoms with E-state index in [0.29, 0.717) is 41.9 Å². The van der Waals surface area contributed by atoms with Gasteiger partial charge < -0.3 is 19.9 Å². The van der Waals surface area contributed by atoms with E-state index >= 15 is 0 Å². The van der Waals surface area contributed by atoms with Gasteiger partial charge in [0.15, 0.2) is 18.4 Å². The molecule has 178 valence electrons. The second kappa shape index (κ2) is 12.4. The third-order valence-corrected chi connectivity index (χ3v) is 4.28. The van der Waals surface area contributed by atoms with Gasteiger partial charge in [0.25, 0.3) is 5.89 Å². The van der Waals surface area contributed by atoms with Crippen LogP contribution in [0.2, 0.25) is 0 Å². The van der Waals surface area contributed by atoms with Gasteiger partial charge in [0.2, 0.25) is 0 Å². The SMILES string of the molecule is CN=C(NCCc1noc(-c2ccccn2)n1)NCc1ccc(C)cc1OCC(F)(F)F.I. The number of hydrogen-bond donors (Lipinski definition) is 2. The van der Waals surface area contributed by atoms with Crippen LogP contribution >= 0.6 is 24.0 Å². The normalized spacial score (nSPS) is 11.6. The number of rotatable bonds is 8. The van der Waals surface area contributed by atoms with Crippen LogP contribution in [0, 0.1) is 6.92 Å². The molecular formula is C21H24F3IN6O2. The van der Waals surface area contributed by atoms with Crippen molar-refractivity contribution in [1.29, 1.82) is 0 Å². The first-order valence-electron chi connectivity index (χ1n) is 9.81. The molecule has 0 unspecified atom stereocenters. The maximum Gasteiger partial charge on any atom is 0.422 e. The second-order valence-corrected chi connectivity index (χ2v) is 6.85. The van der Waals surface area contributed by atoms with Gasteiger partial charge in [-0.3, -0.25) is 9.98 Å². The molecule has 0 amide bonds. The molecular weight excluding hydrogens is 552 g/mol. The Bertz CT molecular complexity index is 1040. The van der Waals surface area contributed by atoms with E-state index in [9.17, 15) is 13.2 Å². The Kier molecular flexibility index (Phi) is 9.88. The first-order chi connectivity index (χ1) is 15.3. The number of aromatic nitrogens is 3. The lowest BCUT2D eigenvalue weighted by Crippen LogP contribution is -2.38. The third kappa shape index (κ3) is 8.51.